The molecule has 1 aromatic carbocycles. The molecule has 3 heteroatoms. The lowest BCUT2D eigenvalue weighted by Crippen LogP contribution is -2.26. The average Bonchev–Trinajstić information content (AvgIpc) is 2.04. The summed E-state index contributed by atoms with van der Waals surface area (Å²) in [4.78, 5) is 0. The van der Waals surface area contributed by atoms with Crippen LogP contribution in [0.15, 0.2) is 22.7 Å². The second-order valence-corrected chi connectivity index (χ2v) is 3.74. The van der Waals surface area contributed by atoms with Crippen molar-refractivity contribution in [3.05, 3.63) is 33.8 Å². The van der Waals surface area contributed by atoms with E-state index in [9.17, 15) is 0 Å². The maximum atomic E-state index is 5.31. The van der Waals surface area contributed by atoms with E-state index < -0.39 is 0 Å². The Balaban J connectivity index is 3.08. The number of benzene rings is 1. The summed E-state index contributed by atoms with van der Waals surface area (Å²) >= 11 is 3.40. The van der Waals surface area contributed by atoms with Gasteiger partial charge in [-0.2, -0.15) is 0 Å². The highest BCUT2D eigenvalue weighted by atomic mass is 79.9. The Morgan fingerprint density at radius 2 is 2.23 bits per heavy atom. The molecule has 68 valence electrons. The van der Waals surface area contributed by atoms with Crippen LogP contribution in [0.4, 0.5) is 0 Å². The molecule has 0 aliphatic rings. The maximum Gasteiger partial charge on any atom is 0.107 e. The second-order valence-electron chi connectivity index (χ2n) is 2.83. The number of nitrogens with one attached hydrogen (secondary N) is 1. The van der Waals surface area contributed by atoms with Crippen molar-refractivity contribution in [2.24, 2.45) is 5.84 Å². The van der Waals surface area contributed by atoms with Crippen LogP contribution >= 0.6 is 15.9 Å². The summed E-state index contributed by atoms with van der Waals surface area (Å²) in [5.41, 5.74) is 4.72. The normalized spacial score (nSPS) is 12.2. The van der Waals surface area contributed by atoms with Crippen LogP contribution < -0.4 is 11.3 Å². The third-order valence-corrected chi connectivity index (χ3v) is 2.19. The molecule has 13 heavy (non-hydrogen) atoms. The summed E-state index contributed by atoms with van der Waals surface area (Å²) in [6.07, 6.45) is 5.31. The van der Waals surface area contributed by atoms with Crippen molar-refractivity contribution in [2.75, 3.05) is 0 Å². The molecule has 0 saturated carbocycles. The first-order chi connectivity index (χ1) is 6.17. The molecule has 0 aliphatic heterocycles. The highest BCUT2D eigenvalue weighted by Crippen LogP contribution is 2.19. The van der Waals surface area contributed by atoms with E-state index >= 15 is 0 Å². The topological polar surface area (TPSA) is 38.0 Å². The van der Waals surface area contributed by atoms with Gasteiger partial charge >= 0.3 is 0 Å². The van der Waals surface area contributed by atoms with Crippen LogP contribution in [0.2, 0.25) is 0 Å². The lowest BCUT2D eigenvalue weighted by molar-refractivity contribution is 0.673. The molecule has 0 aromatic heterocycles. The zero-order valence-corrected chi connectivity index (χ0v) is 8.93. The molecule has 0 fully saturated rings. The molecule has 0 amide bonds. The molecule has 1 atom stereocenters. The van der Waals surface area contributed by atoms with Crippen LogP contribution in [-0.4, -0.2) is 0 Å². The standard InChI is InChI=1S/C10H11BrN2/c1-3-10(13-12)8-4-7(2)5-9(11)6-8/h1,4-6,10,13H,12H2,2H3. The molecule has 1 aromatic rings. The van der Waals surface area contributed by atoms with Crippen LogP contribution in [0, 0.1) is 19.3 Å². The molecular formula is C10H11BrN2. The average molecular weight is 239 g/mol. The van der Waals surface area contributed by atoms with Gasteiger partial charge < -0.3 is 0 Å². The minimum Gasteiger partial charge on any atom is -0.270 e. The van der Waals surface area contributed by atoms with Gasteiger partial charge in [0.15, 0.2) is 0 Å². The molecule has 2 nitrogen and oxygen atoms in total. The van der Waals surface area contributed by atoms with Gasteiger partial charge in [-0.15, -0.1) is 6.42 Å². The van der Waals surface area contributed by atoms with Crippen molar-refractivity contribution in [2.45, 2.75) is 13.0 Å². The summed E-state index contributed by atoms with van der Waals surface area (Å²) in [6.45, 7) is 2.01. The van der Waals surface area contributed by atoms with Gasteiger partial charge in [-0.3, -0.25) is 5.84 Å². The van der Waals surface area contributed by atoms with Gasteiger partial charge in [-0.1, -0.05) is 27.9 Å². The van der Waals surface area contributed by atoms with E-state index in [1.54, 1.807) is 0 Å². The fourth-order valence-electron chi connectivity index (χ4n) is 1.17. The number of rotatable bonds is 2. The van der Waals surface area contributed by atoms with E-state index in [0.717, 1.165) is 15.6 Å². The van der Waals surface area contributed by atoms with Gasteiger partial charge in [0.1, 0.15) is 6.04 Å². The quantitative estimate of drug-likeness (QED) is 0.470. The van der Waals surface area contributed by atoms with Crippen LogP contribution in [0.25, 0.3) is 0 Å². The fourth-order valence-corrected chi connectivity index (χ4v) is 1.80. The molecule has 0 radical (unpaired) electrons. The highest BCUT2D eigenvalue weighted by Gasteiger charge is 2.06. The third kappa shape index (κ3) is 2.56. The first kappa shape index (κ1) is 10.3. The van der Waals surface area contributed by atoms with Crippen LogP contribution in [0.1, 0.15) is 17.2 Å². The molecule has 0 saturated heterocycles. The van der Waals surface area contributed by atoms with Crippen LogP contribution in [0.5, 0.6) is 0 Å². The van der Waals surface area contributed by atoms with E-state index in [2.05, 4.69) is 27.3 Å². The number of nitrogens with two attached hydrogens (primary N) is 1. The van der Waals surface area contributed by atoms with Crippen LogP contribution in [-0.2, 0) is 0 Å². The maximum absolute atomic E-state index is 5.31. The predicted octanol–water partition coefficient (Wildman–Crippen LogP) is 1.90. The first-order valence-corrected chi connectivity index (χ1v) is 4.66. The van der Waals surface area contributed by atoms with Gasteiger partial charge in [0.05, 0.1) is 0 Å². The Labute approximate surface area is 86.6 Å². The van der Waals surface area contributed by atoms with Crippen molar-refractivity contribution in [1.29, 1.82) is 0 Å². The van der Waals surface area contributed by atoms with E-state index in [-0.39, 0.29) is 6.04 Å². The zero-order chi connectivity index (χ0) is 9.84. The lowest BCUT2D eigenvalue weighted by Gasteiger charge is -2.10. The van der Waals surface area contributed by atoms with Gasteiger partial charge in [0.2, 0.25) is 0 Å². The molecule has 0 heterocycles. The van der Waals surface area contributed by atoms with Gasteiger partial charge in [0, 0.05) is 4.47 Å². The van der Waals surface area contributed by atoms with Crippen molar-refractivity contribution >= 4 is 15.9 Å². The lowest BCUT2D eigenvalue weighted by atomic mass is 10.1. The van der Waals surface area contributed by atoms with E-state index in [0.29, 0.717) is 0 Å². The van der Waals surface area contributed by atoms with E-state index in [1.165, 1.54) is 0 Å². The SMILES string of the molecule is C#CC(NN)c1cc(C)cc(Br)c1. The monoisotopic (exact) mass is 238 g/mol. The molecule has 1 rings (SSSR count). The minimum absolute atomic E-state index is 0.226. The molecule has 1 unspecified atom stereocenters. The van der Waals surface area contributed by atoms with Crippen molar-refractivity contribution in [3.63, 3.8) is 0 Å². The van der Waals surface area contributed by atoms with Crippen LogP contribution in [0.3, 0.4) is 0 Å². The number of halogens is 1. The summed E-state index contributed by atoms with van der Waals surface area (Å²) in [5.74, 6) is 7.87. The summed E-state index contributed by atoms with van der Waals surface area (Å²) in [6, 6.07) is 5.76. The molecule has 0 spiro atoms. The Bertz CT molecular complexity index is 321. The molecule has 0 bridgehead atoms. The number of hydrazine groups is 1. The van der Waals surface area contributed by atoms with Gasteiger partial charge in [-0.25, -0.2) is 5.43 Å². The number of terminal acetylenes is 1. The Morgan fingerprint density at radius 3 is 2.69 bits per heavy atom. The number of hydrogen-bond donors (Lipinski definition) is 2. The summed E-state index contributed by atoms with van der Waals surface area (Å²) < 4.78 is 1.01. The fraction of sp³-hybridized carbons (Fsp3) is 0.200. The Hall–Kier alpha value is -0.820. The zero-order valence-electron chi connectivity index (χ0n) is 7.34. The Morgan fingerprint density at radius 1 is 1.54 bits per heavy atom. The predicted molar refractivity (Wildman–Crippen MR) is 57.8 cm³/mol. The summed E-state index contributed by atoms with van der Waals surface area (Å²) in [7, 11) is 0. The summed E-state index contributed by atoms with van der Waals surface area (Å²) in [5, 5.41) is 0. The number of hydrogen-bond acceptors (Lipinski definition) is 2. The van der Waals surface area contributed by atoms with Gasteiger partial charge in [-0.05, 0) is 30.2 Å². The Kier molecular flexibility index (Phi) is 3.49. The minimum atomic E-state index is -0.226. The largest absolute Gasteiger partial charge is 0.270 e. The van der Waals surface area contributed by atoms with E-state index in [4.69, 9.17) is 12.3 Å². The molecular weight excluding hydrogens is 228 g/mol. The number of aryl methyl sites for hydroxylation is 1. The third-order valence-electron chi connectivity index (χ3n) is 1.73. The van der Waals surface area contributed by atoms with Crippen molar-refractivity contribution in [3.8, 4) is 12.3 Å². The molecule has 0 aliphatic carbocycles. The van der Waals surface area contributed by atoms with Crippen molar-refractivity contribution < 1.29 is 0 Å². The molecule has 3 N–H and O–H groups in total. The van der Waals surface area contributed by atoms with Crippen molar-refractivity contribution in [1.82, 2.24) is 5.43 Å². The first-order valence-electron chi connectivity index (χ1n) is 3.86. The second kappa shape index (κ2) is 4.43. The smallest absolute Gasteiger partial charge is 0.107 e. The van der Waals surface area contributed by atoms with Gasteiger partial charge in [0.25, 0.3) is 0 Å². The van der Waals surface area contributed by atoms with E-state index in [1.807, 2.05) is 25.1 Å². The highest BCUT2D eigenvalue weighted by molar-refractivity contribution is 9.10.